The molecule has 0 bridgehead atoms. The third-order valence-corrected chi connectivity index (χ3v) is 6.15. The minimum atomic E-state index is -0.573. The van der Waals surface area contributed by atoms with Crippen LogP contribution in [0.25, 0.3) is 10.4 Å². The number of carbonyl (C=O) groups excluding carboxylic acids is 2. The van der Waals surface area contributed by atoms with E-state index in [1.807, 2.05) is 30.3 Å². The van der Waals surface area contributed by atoms with Gasteiger partial charge in [0.2, 0.25) is 0 Å². The number of hydrogen-bond donors (Lipinski definition) is 0. The standard InChI is InChI=1S/C23H17ClN2O4S/c24-16-5-3-6-17(12-16)26(10-4-9-25)21(27)14-30-23(28)20-11-15-13-29-19-8-2-1-7-18(19)22(15)31-20/h1-3,5-8,11-12H,4,10,13-14H2. The highest BCUT2D eigenvalue weighted by Gasteiger charge is 2.24. The molecule has 0 spiro atoms. The van der Waals surface area contributed by atoms with Crippen LogP contribution in [0.5, 0.6) is 5.75 Å². The molecule has 0 saturated heterocycles. The highest BCUT2D eigenvalue weighted by atomic mass is 35.5. The molecular formula is C23H17ClN2O4S. The number of thiophene rings is 1. The number of benzene rings is 2. The van der Waals surface area contributed by atoms with E-state index in [-0.39, 0.29) is 13.0 Å². The number of ether oxygens (including phenoxy) is 2. The van der Waals surface area contributed by atoms with E-state index < -0.39 is 18.5 Å². The summed E-state index contributed by atoms with van der Waals surface area (Å²) in [6.07, 6.45) is 0.142. The van der Waals surface area contributed by atoms with Crippen molar-refractivity contribution in [3.8, 4) is 22.3 Å². The molecule has 0 unspecified atom stereocenters. The number of amides is 1. The van der Waals surface area contributed by atoms with Crippen molar-refractivity contribution in [1.29, 1.82) is 5.26 Å². The molecule has 1 aliphatic rings. The normalized spacial score (nSPS) is 11.5. The summed E-state index contributed by atoms with van der Waals surface area (Å²) < 4.78 is 11.0. The lowest BCUT2D eigenvalue weighted by Crippen LogP contribution is -2.35. The lowest BCUT2D eigenvalue weighted by atomic mass is 10.1. The Morgan fingerprint density at radius 2 is 2.03 bits per heavy atom. The Morgan fingerprint density at radius 3 is 2.84 bits per heavy atom. The van der Waals surface area contributed by atoms with Gasteiger partial charge in [-0.2, -0.15) is 5.26 Å². The Balaban J connectivity index is 1.46. The van der Waals surface area contributed by atoms with Crippen LogP contribution in [0.3, 0.4) is 0 Å². The molecule has 2 aromatic carbocycles. The van der Waals surface area contributed by atoms with Crippen LogP contribution in [-0.2, 0) is 16.1 Å². The van der Waals surface area contributed by atoms with Gasteiger partial charge in [-0.1, -0.05) is 29.8 Å². The van der Waals surface area contributed by atoms with Gasteiger partial charge in [0.1, 0.15) is 17.2 Å². The summed E-state index contributed by atoms with van der Waals surface area (Å²) >= 11 is 7.34. The number of halogens is 1. The Labute approximate surface area is 188 Å². The molecule has 31 heavy (non-hydrogen) atoms. The second-order valence-corrected chi connectivity index (χ2v) is 8.25. The van der Waals surface area contributed by atoms with Crippen molar-refractivity contribution in [2.45, 2.75) is 13.0 Å². The second-order valence-electron chi connectivity index (χ2n) is 6.76. The molecule has 0 atom stereocenters. The van der Waals surface area contributed by atoms with Crippen LogP contribution in [0.15, 0.2) is 54.6 Å². The van der Waals surface area contributed by atoms with Crippen molar-refractivity contribution in [1.82, 2.24) is 0 Å². The van der Waals surface area contributed by atoms with Crippen LogP contribution in [0, 0.1) is 11.3 Å². The zero-order valence-electron chi connectivity index (χ0n) is 16.3. The maximum absolute atomic E-state index is 12.7. The quantitative estimate of drug-likeness (QED) is 0.488. The van der Waals surface area contributed by atoms with E-state index in [1.165, 1.54) is 16.2 Å². The third kappa shape index (κ3) is 4.55. The molecule has 156 valence electrons. The SMILES string of the molecule is N#CCCN(C(=O)COC(=O)c1cc2c(s1)-c1ccccc1OC2)c1cccc(Cl)c1. The van der Waals surface area contributed by atoms with Gasteiger partial charge in [0.25, 0.3) is 5.91 Å². The van der Waals surface area contributed by atoms with Crippen molar-refractivity contribution in [2.75, 3.05) is 18.1 Å². The average molecular weight is 453 g/mol. The van der Waals surface area contributed by atoms with E-state index in [9.17, 15) is 9.59 Å². The lowest BCUT2D eigenvalue weighted by molar-refractivity contribution is -0.121. The smallest absolute Gasteiger partial charge is 0.348 e. The van der Waals surface area contributed by atoms with Crippen molar-refractivity contribution in [2.24, 2.45) is 0 Å². The Morgan fingerprint density at radius 1 is 1.19 bits per heavy atom. The first-order valence-electron chi connectivity index (χ1n) is 9.51. The number of carbonyl (C=O) groups is 2. The minimum Gasteiger partial charge on any atom is -0.488 e. The zero-order valence-corrected chi connectivity index (χ0v) is 17.9. The predicted molar refractivity (Wildman–Crippen MR) is 118 cm³/mol. The zero-order chi connectivity index (χ0) is 21.8. The Hall–Kier alpha value is -3.34. The summed E-state index contributed by atoms with van der Waals surface area (Å²) in [7, 11) is 0. The topological polar surface area (TPSA) is 79.6 Å². The van der Waals surface area contributed by atoms with E-state index in [1.54, 1.807) is 30.3 Å². The van der Waals surface area contributed by atoms with Gasteiger partial charge in [-0.3, -0.25) is 4.79 Å². The molecule has 0 radical (unpaired) electrons. The molecule has 0 aliphatic carbocycles. The first-order chi connectivity index (χ1) is 15.1. The Kier molecular flexibility index (Phi) is 6.21. The number of esters is 1. The van der Waals surface area contributed by atoms with E-state index in [0.717, 1.165) is 21.8 Å². The largest absolute Gasteiger partial charge is 0.488 e. The van der Waals surface area contributed by atoms with Gasteiger partial charge in [0, 0.05) is 33.3 Å². The van der Waals surface area contributed by atoms with Gasteiger partial charge in [0.15, 0.2) is 6.61 Å². The molecule has 0 fully saturated rings. The summed E-state index contributed by atoms with van der Waals surface area (Å²) in [5, 5.41) is 9.38. The van der Waals surface area contributed by atoms with Crippen LogP contribution >= 0.6 is 22.9 Å². The molecule has 6 nitrogen and oxygen atoms in total. The van der Waals surface area contributed by atoms with E-state index in [4.69, 9.17) is 26.3 Å². The van der Waals surface area contributed by atoms with E-state index in [0.29, 0.717) is 22.2 Å². The van der Waals surface area contributed by atoms with Crippen LogP contribution in [0.1, 0.15) is 21.7 Å². The number of fused-ring (bicyclic) bond motifs is 3. The molecular weight excluding hydrogens is 436 g/mol. The first-order valence-corrected chi connectivity index (χ1v) is 10.7. The summed E-state index contributed by atoms with van der Waals surface area (Å²) in [5.41, 5.74) is 2.40. The maximum Gasteiger partial charge on any atom is 0.348 e. The monoisotopic (exact) mass is 452 g/mol. The van der Waals surface area contributed by atoms with Gasteiger partial charge in [-0.05, 0) is 36.4 Å². The fraction of sp³-hybridized carbons (Fsp3) is 0.174. The van der Waals surface area contributed by atoms with Gasteiger partial charge in [-0.15, -0.1) is 11.3 Å². The summed E-state index contributed by atoms with van der Waals surface area (Å²) in [5.74, 6) is -0.223. The number of nitriles is 1. The summed E-state index contributed by atoms with van der Waals surface area (Å²) in [6, 6.07) is 18.2. The maximum atomic E-state index is 12.7. The van der Waals surface area contributed by atoms with E-state index in [2.05, 4.69) is 0 Å². The fourth-order valence-electron chi connectivity index (χ4n) is 3.28. The molecule has 0 saturated carbocycles. The van der Waals surface area contributed by atoms with Gasteiger partial charge >= 0.3 is 5.97 Å². The van der Waals surface area contributed by atoms with Crippen molar-refractivity contribution in [3.63, 3.8) is 0 Å². The van der Waals surface area contributed by atoms with Crippen LogP contribution in [0.4, 0.5) is 5.69 Å². The molecule has 3 aromatic rings. The molecule has 1 aromatic heterocycles. The molecule has 8 heteroatoms. The van der Waals surface area contributed by atoms with Crippen LogP contribution < -0.4 is 9.64 Å². The first kappa shape index (κ1) is 20.9. The highest BCUT2D eigenvalue weighted by molar-refractivity contribution is 7.17. The molecule has 2 heterocycles. The molecule has 1 aliphatic heterocycles. The predicted octanol–water partition coefficient (Wildman–Crippen LogP) is 5.06. The Bertz CT molecular complexity index is 1180. The van der Waals surface area contributed by atoms with Crippen LogP contribution in [0.2, 0.25) is 5.02 Å². The number of hydrogen-bond acceptors (Lipinski definition) is 6. The summed E-state index contributed by atoms with van der Waals surface area (Å²) in [4.78, 5) is 28.1. The van der Waals surface area contributed by atoms with Crippen molar-refractivity contribution in [3.05, 3.63) is 70.1 Å². The molecule has 1 amide bonds. The van der Waals surface area contributed by atoms with Gasteiger partial charge < -0.3 is 14.4 Å². The lowest BCUT2D eigenvalue weighted by Gasteiger charge is -2.21. The van der Waals surface area contributed by atoms with Gasteiger partial charge in [-0.25, -0.2) is 4.79 Å². The van der Waals surface area contributed by atoms with Crippen molar-refractivity contribution >= 4 is 40.5 Å². The summed E-state index contributed by atoms with van der Waals surface area (Å²) in [6.45, 7) is 0.118. The second kappa shape index (κ2) is 9.21. The number of para-hydroxylation sites is 1. The molecule has 0 N–H and O–H groups in total. The average Bonchev–Trinajstić information content (AvgIpc) is 3.23. The highest BCUT2D eigenvalue weighted by Crippen LogP contribution is 2.42. The van der Waals surface area contributed by atoms with E-state index >= 15 is 0 Å². The number of anilines is 1. The van der Waals surface area contributed by atoms with Crippen molar-refractivity contribution < 1.29 is 19.1 Å². The third-order valence-electron chi connectivity index (χ3n) is 4.72. The minimum absolute atomic E-state index is 0.142. The number of nitrogens with zero attached hydrogens (tertiary/aromatic N) is 2. The molecule has 4 rings (SSSR count). The van der Waals surface area contributed by atoms with Gasteiger partial charge in [0.05, 0.1) is 12.5 Å². The van der Waals surface area contributed by atoms with Crippen LogP contribution in [-0.4, -0.2) is 25.0 Å². The fourth-order valence-corrected chi connectivity index (χ4v) is 4.56. The number of rotatable bonds is 6.